The number of para-hydroxylation sites is 2. The maximum Gasteiger partial charge on any atom is 0.339 e. The van der Waals surface area contributed by atoms with E-state index < -0.39 is 0 Å². The van der Waals surface area contributed by atoms with Crippen LogP contribution in [0.5, 0.6) is 0 Å². The zero-order valence-corrected chi connectivity index (χ0v) is 20.4. The molecule has 178 valence electrons. The van der Waals surface area contributed by atoms with E-state index in [4.69, 9.17) is 21.3 Å². The first-order chi connectivity index (χ1) is 17.0. The number of carbonyl (C=O) groups is 1. The van der Waals surface area contributed by atoms with Gasteiger partial charge in [-0.1, -0.05) is 23.7 Å². The molecule has 7 nitrogen and oxygen atoms in total. The molecular weight excluding hydrogens is 462 g/mol. The predicted octanol–water partition coefficient (Wildman–Crippen LogP) is 4.93. The van der Waals surface area contributed by atoms with Gasteiger partial charge in [-0.3, -0.25) is 0 Å². The molecule has 2 aliphatic heterocycles. The molecule has 0 amide bonds. The molecule has 4 heterocycles. The highest BCUT2D eigenvalue weighted by Gasteiger charge is 2.44. The summed E-state index contributed by atoms with van der Waals surface area (Å²) < 4.78 is 7.17. The van der Waals surface area contributed by atoms with Crippen molar-refractivity contribution < 1.29 is 9.53 Å². The molecule has 0 unspecified atom stereocenters. The summed E-state index contributed by atoms with van der Waals surface area (Å²) in [5, 5.41) is 0.698. The van der Waals surface area contributed by atoms with Crippen LogP contribution in [0.3, 0.4) is 0 Å². The number of anilines is 2. The van der Waals surface area contributed by atoms with Crippen molar-refractivity contribution in [3.8, 4) is 11.4 Å². The minimum Gasteiger partial charge on any atom is -0.462 e. The van der Waals surface area contributed by atoms with E-state index >= 15 is 0 Å². The Balaban J connectivity index is 1.23. The van der Waals surface area contributed by atoms with Gasteiger partial charge in [0.1, 0.15) is 11.6 Å². The van der Waals surface area contributed by atoms with Gasteiger partial charge in [0, 0.05) is 43.6 Å². The molecule has 35 heavy (non-hydrogen) atoms. The lowest BCUT2D eigenvalue weighted by molar-refractivity contribution is 0.0526. The Kier molecular flexibility index (Phi) is 5.37. The Hall–Kier alpha value is -3.58. The third kappa shape index (κ3) is 3.71. The molecule has 0 aliphatic carbocycles. The Labute approximate surface area is 208 Å². The van der Waals surface area contributed by atoms with E-state index in [-0.39, 0.29) is 5.97 Å². The Bertz CT molecular complexity index is 1420. The van der Waals surface area contributed by atoms with Crippen molar-refractivity contribution in [3.63, 3.8) is 0 Å². The fraction of sp³-hybridized carbons (Fsp3) is 0.296. The molecule has 2 fully saturated rings. The number of piperazine rings is 1. The van der Waals surface area contributed by atoms with Crippen molar-refractivity contribution >= 4 is 40.1 Å². The molecule has 2 bridgehead atoms. The van der Waals surface area contributed by atoms with Crippen molar-refractivity contribution in [3.05, 3.63) is 71.4 Å². The highest BCUT2D eigenvalue weighted by atomic mass is 35.5. The lowest BCUT2D eigenvalue weighted by Crippen LogP contribution is -2.46. The summed E-state index contributed by atoms with van der Waals surface area (Å²) in [6.45, 7) is 3.96. The van der Waals surface area contributed by atoms with Crippen LogP contribution in [0.1, 0.15) is 23.7 Å². The van der Waals surface area contributed by atoms with Gasteiger partial charge in [-0.15, -0.1) is 0 Å². The lowest BCUT2D eigenvalue weighted by Gasteiger charge is -2.36. The van der Waals surface area contributed by atoms with Crippen LogP contribution in [0.2, 0.25) is 5.02 Å². The number of imidazole rings is 1. The second kappa shape index (κ2) is 8.57. The summed E-state index contributed by atoms with van der Waals surface area (Å²) in [5.41, 5.74) is 4.63. The molecular formula is C27H26ClN5O2. The Morgan fingerprint density at radius 3 is 2.60 bits per heavy atom. The van der Waals surface area contributed by atoms with E-state index in [2.05, 4.69) is 37.5 Å². The summed E-state index contributed by atoms with van der Waals surface area (Å²) in [5.74, 6) is 1.44. The number of halogens is 1. The number of hydrogen-bond acceptors (Lipinski definition) is 6. The first-order valence-corrected chi connectivity index (χ1v) is 12.3. The van der Waals surface area contributed by atoms with Crippen molar-refractivity contribution in [2.75, 3.05) is 29.5 Å². The van der Waals surface area contributed by atoms with Gasteiger partial charge in [0.05, 0.1) is 34.3 Å². The SMILES string of the molecule is CCOC(=O)c1ccc(N2C[C@@H]3C[C@H]2CN3c2ccc(Cl)c(-c3nc4ccccc4n3C)c2)nc1. The van der Waals surface area contributed by atoms with Gasteiger partial charge in [0.15, 0.2) is 0 Å². The second-order valence-corrected chi connectivity index (χ2v) is 9.53. The number of fused-ring (bicyclic) bond motifs is 3. The lowest BCUT2D eigenvalue weighted by atomic mass is 10.1. The van der Waals surface area contributed by atoms with Gasteiger partial charge in [-0.25, -0.2) is 14.8 Å². The molecule has 6 rings (SSSR count). The molecule has 8 heteroatoms. The van der Waals surface area contributed by atoms with Crippen molar-refractivity contribution in [2.24, 2.45) is 7.05 Å². The molecule has 4 aromatic rings. The van der Waals surface area contributed by atoms with E-state index in [0.717, 1.165) is 53.4 Å². The molecule has 0 saturated carbocycles. The van der Waals surface area contributed by atoms with Crippen LogP contribution in [-0.4, -0.2) is 52.3 Å². The van der Waals surface area contributed by atoms with E-state index in [1.165, 1.54) is 0 Å². The van der Waals surface area contributed by atoms with Crippen molar-refractivity contribution in [2.45, 2.75) is 25.4 Å². The summed E-state index contributed by atoms with van der Waals surface area (Å²) in [7, 11) is 2.03. The first-order valence-electron chi connectivity index (χ1n) is 11.9. The molecule has 0 radical (unpaired) electrons. The first kappa shape index (κ1) is 21.9. The van der Waals surface area contributed by atoms with E-state index in [1.54, 1.807) is 19.2 Å². The van der Waals surface area contributed by atoms with Gasteiger partial charge in [0.25, 0.3) is 0 Å². The summed E-state index contributed by atoms with van der Waals surface area (Å²) in [6.07, 6.45) is 2.69. The number of aryl methyl sites for hydroxylation is 1. The number of hydrogen-bond donors (Lipinski definition) is 0. The number of aromatic nitrogens is 3. The van der Waals surface area contributed by atoms with Gasteiger partial charge >= 0.3 is 5.97 Å². The monoisotopic (exact) mass is 487 g/mol. The molecule has 2 aliphatic rings. The standard InChI is InChI=1S/C27H26ClN5O2/c1-3-35-27(34)17-8-11-25(29-14-17)33-16-19-12-20(33)15-32(19)18-9-10-22(28)21(13-18)26-30-23-6-4-5-7-24(23)31(26)2/h4-11,13-14,19-20H,3,12,15-16H2,1-2H3/t19-,20-/m0/s1. The van der Waals surface area contributed by atoms with Gasteiger partial charge < -0.3 is 19.1 Å². The van der Waals surface area contributed by atoms with Crippen LogP contribution in [0, 0.1) is 0 Å². The summed E-state index contributed by atoms with van der Waals surface area (Å²) >= 11 is 6.65. The smallest absolute Gasteiger partial charge is 0.339 e. The van der Waals surface area contributed by atoms with Crippen LogP contribution in [0.15, 0.2) is 60.8 Å². The van der Waals surface area contributed by atoms with Gasteiger partial charge in [-0.2, -0.15) is 0 Å². The predicted molar refractivity (Wildman–Crippen MR) is 138 cm³/mol. The number of carbonyl (C=O) groups excluding carboxylic acids is 1. The maximum atomic E-state index is 11.9. The number of esters is 1. The van der Waals surface area contributed by atoms with Gasteiger partial charge in [-0.05, 0) is 55.8 Å². The molecule has 2 saturated heterocycles. The minimum absolute atomic E-state index is 0.334. The number of pyridine rings is 1. The zero-order valence-electron chi connectivity index (χ0n) is 19.7. The summed E-state index contributed by atoms with van der Waals surface area (Å²) in [4.78, 5) is 26.2. The molecule has 0 N–H and O–H groups in total. The minimum atomic E-state index is -0.334. The molecule has 2 aromatic heterocycles. The fourth-order valence-corrected chi connectivity index (χ4v) is 5.61. The maximum absolute atomic E-state index is 11.9. The van der Waals surface area contributed by atoms with E-state index in [0.29, 0.717) is 29.3 Å². The Morgan fingerprint density at radius 1 is 1.09 bits per heavy atom. The molecule has 2 aromatic carbocycles. The molecule has 2 atom stereocenters. The quantitative estimate of drug-likeness (QED) is 0.372. The third-order valence-electron chi connectivity index (χ3n) is 7.10. The van der Waals surface area contributed by atoms with Crippen LogP contribution in [-0.2, 0) is 11.8 Å². The average molecular weight is 488 g/mol. The number of nitrogens with zero attached hydrogens (tertiary/aromatic N) is 5. The summed E-state index contributed by atoms with van der Waals surface area (Å²) in [6, 6.07) is 18.9. The highest BCUT2D eigenvalue weighted by Crippen LogP contribution is 2.39. The number of ether oxygens (including phenoxy) is 1. The molecule has 0 spiro atoms. The van der Waals surface area contributed by atoms with Gasteiger partial charge in [0.2, 0.25) is 0 Å². The highest BCUT2D eigenvalue weighted by molar-refractivity contribution is 6.33. The fourth-order valence-electron chi connectivity index (χ4n) is 5.40. The van der Waals surface area contributed by atoms with Crippen molar-refractivity contribution in [1.82, 2.24) is 14.5 Å². The Morgan fingerprint density at radius 2 is 1.89 bits per heavy atom. The van der Waals surface area contributed by atoms with Crippen molar-refractivity contribution in [1.29, 1.82) is 0 Å². The zero-order chi connectivity index (χ0) is 24.1. The van der Waals surface area contributed by atoms with Crippen LogP contribution >= 0.6 is 11.6 Å². The number of benzene rings is 2. The van der Waals surface area contributed by atoms with Crippen LogP contribution in [0.25, 0.3) is 22.4 Å². The largest absolute Gasteiger partial charge is 0.462 e. The van der Waals surface area contributed by atoms with Crippen LogP contribution < -0.4 is 9.80 Å². The van der Waals surface area contributed by atoms with E-state index in [9.17, 15) is 4.79 Å². The topological polar surface area (TPSA) is 63.5 Å². The van der Waals surface area contributed by atoms with Crippen LogP contribution in [0.4, 0.5) is 11.5 Å². The average Bonchev–Trinajstić information content (AvgIpc) is 3.58. The number of rotatable bonds is 5. The van der Waals surface area contributed by atoms with E-state index in [1.807, 2.05) is 37.4 Å². The third-order valence-corrected chi connectivity index (χ3v) is 7.43. The normalized spacial score (nSPS) is 19.1. The second-order valence-electron chi connectivity index (χ2n) is 9.12.